The van der Waals surface area contributed by atoms with E-state index in [0.717, 1.165) is 22.4 Å². The summed E-state index contributed by atoms with van der Waals surface area (Å²) in [5, 5.41) is 2.83. The molecule has 0 saturated heterocycles. The number of benzene rings is 2. The van der Waals surface area contributed by atoms with Crippen LogP contribution in [0.2, 0.25) is 0 Å². The molecular weight excluding hydrogens is 302 g/mol. The molecule has 1 N–H and O–H groups in total. The van der Waals surface area contributed by atoms with E-state index in [1.54, 1.807) is 0 Å². The standard InChI is InChI=1S/C20H25NO3/c1-4-21-20(22)19(23-5-2)17-12-8-7-11-16(17)14-24-18-13-9-6-10-15(18)3/h6-13,19H,4-5,14H2,1-3H3,(H,21,22). The Labute approximate surface area is 143 Å². The third kappa shape index (κ3) is 4.59. The Morgan fingerprint density at radius 3 is 2.50 bits per heavy atom. The number of aryl methyl sites for hydroxylation is 1. The van der Waals surface area contributed by atoms with Crippen molar-refractivity contribution in [2.45, 2.75) is 33.5 Å². The second-order valence-corrected chi connectivity index (χ2v) is 5.48. The van der Waals surface area contributed by atoms with Crippen molar-refractivity contribution in [2.24, 2.45) is 0 Å². The molecular formula is C20H25NO3. The number of ether oxygens (including phenoxy) is 2. The molecule has 0 radical (unpaired) electrons. The number of amides is 1. The fraction of sp³-hybridized carbons (Fsp3) is 0.350. The molecule has 0 aliphatic rings. The molecule has 1 unspecified atom stereocenters. The zero-order valence-corrected chi connectivity index (χ0v) is 14.5. The second-order valence-electron chi connectivity index (χ2n) is 5.48. The number of rotatable bonds is 8. The van der Waals surface area contributed by atoms with Gasteiger partial charge in [0.25, 0.3) is 5.91 Å². The number of hydrogen-bond acceptors (Lipinski definition) is 3. The lowest BCUT2D eigenvalue weighted by Crippen LogP contribution is -2.31. The van der Waals surface area contributed by atoms with Crippen molar-refractivity contribution in [3.8, 4) is 5.75 Å². The number of likely N-dealkylation sites (N-methyl/N-ethyl adjacent to an activating group) is 1. The minimum atomic E-state index is -0.619. The second kappa shape index (κ2) is 9.08. The van der Waals surface area contributed by atoms with Crippen molar-refractivity contribution in [2.75, 3.05) is 13.2 Å². The Balaban J connectivity index is 2.22. The maximum atomic E-state index is 12.3. The summed E-state index contributed by atoms with van der Waals surface area (Å²) >= 11 is 0. The van der Waals surface area contributed by atoms with E-state index in [1.165, 1.54) is 0 Å². The molecule has 2 aromatic carbocycles. The zero-order chi connectivity index (χ0) is 17.4. The molecule has 0 spiro atoms. The molecule has 24 heavy (non-hydrogen) atoms. The van der Waals surface area contributed by atoms with Gasteiger partial charge >= 0.3 is 0 Å². The number of carbonyl (C=O) groups excluding carboxylic acids is 1. The van der Waals surface area contributed by atoms with E-state index in [1.807, 2.05) is 69.3 Å². The van der Waals surface area contributed by atoms with E-state index >= 15 is 0 Å². The Morgan fingerprint density at radius 2 is 1.79 bits per heavy atom. The largest absolute Gasteiger partial charge is 0.489 e. The summed E-state index contributed by atoms with van der Waals surface area (Å²) in [4.78, 5) is 12.3. The Morgan fingerprint density at radius 1 is 1.08 bits per heavy atom. The van der Waals surface area contributed by atoms with Gasteiger partial charge in [-0.3, -0.25) is 4.79 Å². The van der Waals surface area contributed by atoms with E-state index in [4.69, 9.17) is 9.47 Å². The minimum absolute atomic E-state index is 0.123. The van der Waals surface area contributed by atoms with Gasteiger partial charge in [-0.05, 0) is 43.5 Å². The lowest BCUT2D eigenvalue weighted by atomic mass is 10.0. The van der Waals surface area contributed by atoms with E-state index in [2.05, 4.69) is 5.32 Å². The monoisotopic (exact) mass is 327 g/mol. The van der Waals surface area contributed by atoms with Gasteiger partial charge in [0.15, 0.2) is 6.10 Å². The maximum Gasteiger partial charge on any atom is 0.253 e. The van der Waals surface area contributed by atoms with Crippen molar-refractivity contribution in [1.29, 1.82) is 0 Å². The molecule has 0 aliphatic heterocycles. The SMILES string of the molecule is CCNC(=O)C(OCC)c1ccccc1COc1ccccc1C. The summed E-state index contributed by atoms with van der Waals surface area (Å²) < 4.78 is 11.6. The van der Waals surface area contributed by atoms with Gasteiger partial charge < -0.3 is 14.8 Å². The van der Waals surface area contributed by atoms with Crippen LogP contribution in [0, 0.1) is 6.92 Å². The van der Waals surface area contributed by atoms with Crippen LogP contribution in [0.3, 0.4) is 0 Å². The summed E-state index contributed by atoms with van der Waals surface area (Å²) in [5.41, 5.74) is 2.88. The number of carbonyl (C=O) groups is 1. The Bertz CT molecular complexity index is 669. The van der Waals surface area contributed by atoms with Crippen molar-refractivity contribution >= 4 is 5.91 Å². The average molecular weight is 327 g/mol. The van der Waals surface area contributed by atoms with Crippen molar-refractivity contribution < 1.29 is 14.3 Å². The summed E-state index contributed by atoms with van der Waals surface area (Å²) in [6, 6.07) is 15.6. The van der Waals surface area contributed by atoms with Crippen LogP contribution < -0.4 is 10.1 Å². The molecule has 2 aromatic rings. The summed E-state index contributed by atoms with van der Waals surface area (Å²) in [6.45, 7) is 7.23. The number of hydrogen-bond donors (Lipinski definition) is 1. The average Bonchev–Trinajstić information content (AvgIpc) is 2.59. The molecule has 0 fully saturated rings. The summed E-state index contributed by atoms with van der Waals surface area (Å²) in [5.74, 6) is 0.723. The Hall–Kier alpha value is -2.33. The number of nitrogens with one attached hydrogen (secondary N) is 1. The molecule has 2 rings (SSSR count). The van der Waals surface area contributed by atoms with Crippen LogP contribution >= 0.6 is 0 Å². The molecule has 0 aromatic heterocycles. The fourth-order valence-electron chi connectivity index (χ4n) is 2.54. The first kappa shape index (κ1) is 18.0. The summed E-state index contributed by atoms with van der Waals surface area (Å²) in [7, 11) is 0. The maximum absolute atomic E-state index is 12.3. The van der Waals surface area contributed by atoms with E-state index in [0.29, 0.717) is 19.8 Å². The molecule has 1 atom stereocenters. The van der Waals surface area contributed by atoms with Crippen LogP contribution in [0.1, 0.15) is 36.6 Å². The first-order valence-electron chi connectivity index (χ1n) is 8.32. The van der Waals surface area contributed by atoms with E-state index < -0.39 is 6.10 Å². The Kier molecular flexibility index (Phi) is 6.82. The predicted octanol–water partition coefficient (Wildman–Crippen LogP) is 3.79. The molecule has 4 nitrogen and oxygen atoms in total. The van der Waals surface area contributed by atoms with Gasteiger partial charge in [-0.1, -0.05) is 42.5 Å². The molecule has 0 heterocycles. The van der Waals surface area contributed by atoms with Crippen LogP contribution in [0.25, 0.3) is 0 Å². The topological polar surface area (TPSA) is 47.6 Å². The lowest BCUT2D eigenvalue weighted by Gasteiger charge is -2.20. The van der Waals surface area contributed by atoms with Crippen LogP contribution in [0.5, 0.6) is 5.75 Å². The van der Waals surface area contributed by atoms with Gasteiger partial charge in [0, 0.05) is 13.2 Å². The fourth-order valence-corrected chi connectivity index (χ4v) is 2.54. The van der Waals surface area contributed by atoms with E-state index in [-0.39, 0.29) is 5.91 Å². The lowest BCUT2D eigenvalue weighted by molar-refractivity contribution is -0.132. The van der Waals surface area contributed by atoms with Crippen LogP contribution in [0.15, 0.2) is 48.5 Å². The highest BCUT2D eigenvalue weighted by molar-refractivity contribution is 5.82. The van der Waals surface area contributed by atoms with Crippen molar-refractivity contribution in [3.63, 3.8) is 0 Å². The van der Waals surface area contributed by atoms with Crippen LogP contribution in [-0.2, 0) is 16.1 Å². The van der Waals surface area contributed by atoms with Crippen molar-refractivity contribution in [1.82, 2.24) is 5.32 Å². The number of para-hydroxylation sites is 1. The molecule has 128 valence electrons. The first-order chi connectivity index (χ1) is 11.7. The summed E-state index contributed by atoms with van der Waals surface area (Å²) in [6.07, 6.45) is -0.619. The minimum Gasteiger partial charge on any atom is -0.489 e. The normalized spacial score (nSPS) is 11.8. The quantitative estimate of drug-likeness (QED) is 0.802. The predicted molar refractivity (Wildman–Crippen MR) is 95.0 cm³/mol. The van der Waals surface area contributed by atoms with Crippen molar-refractivity contribution in [3.05, 3.63) is 65.2 Å². The first-order valence-corrected chi connectivity index (χ1v) is 8.32. The molecule has 1 amide bonds. The highest BCUT2D eigenvalue weighted by Crippen LogP contribution is 2.24. The third-order valence-electron chi connectivity index (χ3n) is 3.74. The molecule has 0 bridgehead atoms. The molecule has 0 saturated carbocycles. The van der Waals surface area contributed by atoms with Crippen LogP contribution in [0.4, 0.5) is 0 Å². The van der Waals surface area contributed by atoms with Gasteiger partial charge in [0.2, 0.25) is 0 Å². The van der Waals surface area contributed by atoms with Gasteiger partial charge in [-0.15, -0.1) is 0 Å². The van der Waals surface area contributed by atoms with Gasteiger partial charge in [-0.25, -0.2) is 0 Å². The highest BCUT2D eigenvalue weighted by atomic mass is 16.5. The molecule has 4 heteroatoms. The van der Waals surface area contributed by atoms with Gasteiger partial charge in [-0.2, -0.15) is 0 Å². The van der Waals surface area contributed by atoms with Crippen LogP contribution in [-0.4, -0.2) is 19.1 Å². The highest BCUT2D eigenvalue weighted by Gasteiger charge is 2.23. The van der Waals surface area contributed by atoms with E-state index in [9.17, 15) is 4.79 Å². The molecule has 0 aliphatic carbocycles. The zero-order valence-electron chi connectivity index (χ0n) is 14.5. The van der Waals surface area contributed by atoms with Gasteiger partial charge in [0.1, 0.15) is 12.4 Å². The smallest absolute Gasteiger partial charge is 0.253 e. The third-order valence-corrected chi connectivity index (χ3v) is 3.74. The van der Waals surface area contributed by atoms with Gasteiger partial charge in [0.05, 0.1) is 0 Å².